The predicted octanol–water partition coefficient (Wildman–Crippen LogP) is 2.29. The third kappa shape index (κ3) is 2.60. The number of aliphatic hydroxyl groups excluding tert-OH is 1. The lowest BCUT2D eigenvalue weighted by Crippen LogP contribution is -1.94. The molecule has 15 heavy (non-hydrogen) atoms. The summed E-state index contributed by atoms with van der Waals surface area (Å²) >= 11 is 0. The van der Waals surface area contributed by atoms with Crippen LogP contribution >= 0.6 is 0 Å². The van der Waals surface area contributed by atoms with Gasteiger partial charge in [-0.25, -0.2) is 0 Å². The van der Waals surface area contributed by atoms with E-state index in [2.05, 4.69) is 10.3 Å². The number of anilines is 2. The van der Waals surface area contributed by atoms with Gasteiger partial charge in [0, 0.05) is 18.5 Å². The van der Waals surface area contributed by atoms with Crippen LogP contribution < -0.4 is 5.32 Å². The fourth-order valence-corrected chi connectivity index (χ4v) is 1.50. The van der Waals surface area contributed by atoms with E-state index in [0.29, 0.717) is 6.42 Å². The van der Waals surface area contributed by atoms with Crippen LogP contribution in [0.25, 0.3) is 0 Å². The van der Waals surface area contributed by atoms with E-state index in [1.54, 1.807) is 0 Å². The number of hydrogen-bond acceptors (Lipinski definition) is 2. The Hall–Kier alpha value is -1.74. The van der Waals surface area contributed by atoms with Crippen LogP contribution in [0.2, 0.25) is 0 Å². The summed E-state index contributed by atoms with van der Waals surface area (Å²) in [7, 11) is 0. The van der Waals surface area contributed by atoms with Gasteiger partial charge in [0.2, 0.25) is 0 Å². The first kappa shape index (κ1) is 9.80. The summed E-state index contributed by atoms with van der Waals surface area (Å²) < 4.78 is 0. The molecule has 78 valence electrons. The average molecular weight is 202 g/mol. The van der Waals surface area contributed by atoms with Crippen molar-refractivity contribution in [2.45, 2.75) is 6.42 Å². The fraction of sp³-hybridized carbons (Fsp3) is 0.167. The van der Waals surface area contributed by atoms with Gasteiger partial charge in [0.1, 0.15) is 5.82 Å². The lowest BCUT2D eigenvalue weighted by Gasteiger charge is -2.05. The molecule has 0 bridgehead atoms. The van der Waals surface area contributed by atoms with Crippen LogP contribution in [0.4, 0.5) is 11.5 Å². The predicted molar refractivity (Wildman–Crippen MR) is 61.3 cm³/mol. The third-order valence-electron chi connectivity index (χ3n) is 2.20. The van der Waals surface area contributed by atoms with Crippen LogP contribution in [0.15, 0.2) is 42.6 Å². The van der Waals surface area contributed by atoms with Crippen molar-refractivity contribution in [3.05, 3.63) is 48.2 Å². The molecule has 1 aromatic carbocycles. The molecule has 0 unspecified atom stereocenters. The number of aliphatic hydroxyl groups is 1. The minimum absolute atomic E-state index is 0.186. The van der Waals surface area contributed by atoms with Crippen molar-refractivity contribution < 1.29 is 5.11 Å². The normalized spacial score (nSPS) is 10.2. The number of aromatic amines is 1. The SMILES string of the molecule is OCCc1cccc(Nc2ccc[nH]2)c1. The Bertz CT molecular complexity index is 409. The van der Waals surface area contributed by atoms with Crippen molar-refractivity contribution in [1.82, 2.24) is 4.98 Å². The van der Waals surface area contributed by atoms with Crippen LogP contribution in [0, 0.1) is 0 Å². The van der Waals surface area contributed by atoms with Gasteiger partial charge in [-0.05, 0) is 36.2 Å². The van der Waals surface area contributed by atoms with Gasteiger partial charge < -0.3 is 15.4 Å². The first-order valence-electron chi connectivity index (χ1n) is 4.99. The average Bonchev–Trinajstić information content (AvgIpc) is 2.71. The highest BCUT2D eigenvalue weighted by Crippen LogP contribution is 2.16. The van der Waals surface area contributed by atoms with E-state index in [1.165, 1.54) is 0 Å². The topological polar surface area (TPSA) is 48.0 Å². The maximum atomic E-state index is 8.84. The van der Waals surface area contributed by atoms with E-state index < -0.39 is 0 Å². The largest absolute Gasteiger partial charge is 0.396 e. The van der Waals surface area contributed by atoms with Gasteiger partial charge in [-0.15, -0.1) is 0 Å². The molecule has 0 saturated heterocycles. The summed E-state index contributed by atoms with van der Waals surface area (Å²) in [5.41, 5.74) is 2.16. The van der Waals surface area contributed by atoms with Gasteiger partial charge in [0.15, 0.2) is 0 Å². The van der Waals surface area contributed by atoms with E-state index in [9.17, 15) is 0 Å². The molecule has 0 amide bonds. The smallest absolute Gasteiger partial charge is 0.107 e. The summed E-state index contributed by atoms with van der Waals surface area (Å²) in [4.78, 5) is 3.08. The van der Waals surface area contributed by atoms with Crippen molar-refractivity contribution in [3.8, 4) is 0 Å². The Kier molecular flexibility index (Phi) is 3.05. The fourth-order valence-electron chi connectivity index (χ4n) is 1.50. The van der Waals surface area contributed by atoms with Crippen molar-refractivity contribution in [3.63, 3.8) is 0 Å². The lowest BCUT2D eigenvalue weighted by atomic mass is 10.1. The molecule has 0 atom stereocenters. The van der Waals surface area contributed by atoms with Crippen LogP contribution in [-0.4, -0.2) is 16.7 Å². The highest BCUT2D eigenvalue weighted by Gasteiger charge is 1.96. The zero-order chi connectivity index (χ0) is 10.5. The van der Waals surface area contributed by atoms with Gasteiger partial charge in [-0.1, -0.05) is 12.1 Å². The van der Waals surface area contributed by atoms with Crippen molar-refractivity contribution in [2.24, 2.45) is 0 Å². The maximum Gasteiger partial charge on any atom is 0.107 e. The Morgan fingerprint density at radius 2 is 2.13 bits per heavy atom. The van der Waals surface area contributed by atoms with Gasteiger partial charge in [-0.3, -0.25) is 0 Å². The van der Waals surface area contributed by atoms with Gasteiger partial charge in [0.25, 0.3) is 0 Å². The molecule has 3 heteroatoms. The molecular formula is C12H14N2O. The summed E-state index contributed by atoms with van der Waals surface area (Å²) in [6, 6.07) is 11.9. The van der Waals surface area contributed by atoms with E-state index >= 15 is 0 Å². The highest BCUT2D eigenvalue weighted by atomic mass is 16.2. The number of rotatable bonds is 4. The molecule has 0 radical (unpaired) electrons. The number of aromatic nitrogens is 1. The molecule has 3 nitrogen and oxygen atoms in total. The zero-order valence-corrected chi connectivity index (χ0v) is 8.40. The van der Waals surface area contributed by atoms with Gasteiger partial charge in [-0.2, -0.15) is 0 Å². The molecule has 0 aliphatic carbocycles. The maximum absolute atomic E-state index is 8.84. The Labute approximate surface area is 88.8 Å². The number of benzene rings is 1. The first-order chi connectivity index (χ1) is 7.38. The number of nitrogens with one attached hydrogen (secondary N) is 2. The molecular weight excluding hydrogens is 188 g/mol. The van der Waals surface area contributed by atoms with Crippen molar-refractivity contribution in [1.29, 1.82) is 0 Å². The van der Waals surface area contributed by atoms with E-state index in [0.717, 1.165) is 17.1 Å². The molecule has 0 saturated carbocycles. The minimum atomic E-state index is 0.186. The van der Waals surface area contributed by atoms with Crippen LogP contribution in [0.3, 0.4) is 0 Å². The van der Waals surface area contributed by atoms with Crippen molar-refractivity contribution >= 4 is 11.5 Å². The summed E-state index contributed by atoms with van der Waals surface area (Å²) in [6.45, 7) is 0.186. The minimum Gasteiger partial charge on any atom is -0.396 e. The van der Waals surface area contributed by atoms with E-state index in [1.807, 2.05) is 42.6 Å². The molecule has 2 aromatic rings. The molecule has 2 rings (SSSR count). The molecule has 1 aromatic heterocycles. The summed E-state index contributed by atoms with van der Waals surface area (Å²) in [6.07, 6.45) is 2.57. The van der Waals surface area contributed by atoms with Gasteiger partial charge in [0.05, 0.1) is 0 Å². The molecule has 3 N–H and O–H groups in total. The number of hydrogen-bond donors (Lipinski definition) is 3. The summed E-state index contributed by atoms with van der Waals surface area (Å²) in [5.74, 6) is 0.969. The second-order valence-electron chi connectivity index (χ2n) is 3.38. The van der Waals surface area contributed by atoms with Gasteiger partial charge >= 0.3 is 0 Å². The molecule has 0 aliphatic heterocycles. The monoisotopic (exact) mass is 202 g/mol. The highest BCUT2D eigenvalue weighted by molar-refractivity contribution is 5.56. The van der Waals surface area contributed by atoms with Crippen LogP contribution in [0.5, 0.6) is 0 Å². The molecule has 0 aliphatic rings. The van der Waals surface area contributed by atoms with Crippen LogP contribution in [-0.2, 0) is 6.42 Å². The molecule has 0 fully saturated rings. The standard InChI is InChI=1S/C12H14N2O/c15-8-6-10-3-1-4-11(9-10)14-12-5-2-7-13-12/h1-5,7,9,13-15H,6,8H2. The number of H-pyrrole nitrogens is 1. The second-order valence-corrected chi connectivity index (χ2v) is 3.38. The van der Waals surface area contributed by atoms with Crippen molar-refractivity contribution in [2.75, 3.05) is 11.9 Å². The Morgan fingerprint density at radius 3 is 2.87 bits per heavy atom. The lowest BCUT2D eigenvalue weighted by molar-refractivity contribution is 0.299. The molecule has 1 heterocycles. The quantitative estimate of drug-likeness (QED) is 0.712. The second kappa shape index (κ2) is 4.66. The first-order valence-corrected chi connectivity index (χ1v) is 4.99. The van der Waals surface area contributed by atoms with E-state index in [-0.39, 0.29) is 6.61 Å². The zero-order valence-electron chi connectivity index (χ0n) is 8.40. The Morgan fingerprint density at radius 1 is 1.20 bits per heavy atom. The van der Waals surface area contributed by atoms with Crippen LogP contribution in [0.1, 0.15) is 5.56 Å². The third-order valence-corrected chi connectivity index (χ3v) is 2.20. The summed E-state index contributed by atoms with van der Waals surface area (Å²) in [5, 5.41) is 12.1. The van der Waals surface area contributed by atoms with E-state index in [4.69, 9.17) is 5.11 Å². The Balaban J connectivity index is 2.11. The molecule has 0 spiro atoms.